The van der Waals surface area contributed by atoms with Crippen molar-refractivity contribution in [2.45, 2.75) is 27.7 Å². The Morgan fingerprint density at radius 3 is 2.08 bits per heavy atom. The summed E-state index contributed by atoms with van der Waals surface area (Å²) in [5.74, 6) is 0.480. The lowest BCUT2D eigenvalue weighted by Crippen LogP contribution is -2.77. The van der Waals surface area contributed by atoms with Gasteiger partial charge in [-0.2, -0.15) is 0 Å². The van der Waals surface area contributed by atoms with Crippen LogP contribution in [0.3, 0.4) is 0 Å². The van der Waals surface area contributed by atoms with E-state index in [1.165, 1.54) is 5.57 Å². The van der Waals surface area contributed by atoms with Crippen molar-refractivity contribution in [1.29, 1.82) is 0 Å². The van der Waals surface area contributed by atoms with E-state index in [9.17, 15) is 0 Å². The van der Waals surface area contributed by atoms with Crippen LogP contribution >= 0.6 is 0 Å². The molecular formula is C10H22N3+. The SMILES string of the molecule is C=N/C(N)=C(\C=C(C)C)[NH2+]C.CC. The Bertz CT molecular complexity index is 198. The van der Waals surface area contributed by atoms with Gasteiger partial charge in [0.15, 0.2) is 11.5 Å². The molecule has 0 rings (SSSR count). The molecule has 13 heavy (non-hydrogen) atoms. The Hall–Kier alpha value is -1.09. The first-order valence-electron chi connectivity index (χ1n) is 4.52. The summed E-state index contributed by atoms with van der Waals surface area (Å²) in [6.45, 7) is 11.4. The fourth-order valence-electron chi connectivity index (χ4n) is 0.707. The van der Waals surface area contributed by atoms with Crippen LogP contribution in [0.15, 0.2) is 28.2 Å². The van der Waals surface area contributed by atoms with Gasteiger partial charge >= 0.3 is 0 Å². The Kier molecular flexibility index (Phi) is 10.00. The third-order valence-electron chi connectivity index (χ3n) is 1.22. The Morgan fingerprint density at radius 2 is 1.85 bits per heavy atom. The molecule has 0 saturated carbocycles. The highest BCUT2D eigenvalue weighted by Crippen LogP contribution is 1.97. The third kappa shape index (κ3) is 7.28. The van der Waals surface area contributed by atoms with Crippen LogP contribution < -0.4 is 11.1 Å². The molecule has 0 aliphatic heterocycles. The van der Waals surface area contributed by atoms with Gasteiger partial charge in [-0.3, -0.25) is 0 Å². The molecule has 0 amide bonds. The first kappa shape index (κ1) is 14.4. The van der Waals surface area contributed by atoms with Gasteiger partial charge in [-0.25, -0.2) is 4.99 Å². The molecule has 0 aromatic rings. The van der Waals surface area contributed by atoms with E-state index >= 15 is 0 Å². The van der Waals surface area contributed by atoms with E-state index in [2.05, 4.69) is 11.7 Å². The van der Waals surface area contributed by atoms with Crippen LogP contribution in [0.5, 0.6) is 0 Å². The molecule has 4 N–H and O–H groups in total. The number of aliphatic imine (C=N–C) groups is 1. The molecule has 0 radical (unpaired) electrons. The molecule has 0 aromatic carbocycles. The predicted octanol–water partition coefficient (Wildman–Crippen LogP) is 1.00. The number of rotatable bonds is 3. The molecule has 0 aliphatic carbocycles. The summed E-state index contributed by atoms with van der Waals surface area (Å²) >= 11 is 0. The van der Waals surface area contributed by atoms with Crippen LogP contribution in [0.4, 0.5) is 0 Å². The second-order valence-corrected chi connectivity index (χ2v) is 2.51. The Labute approximate surface area is 81.4 Å². The summed E-state index contributed by atoms with van der Waals surface area (Å²) in [5, 5.41) is 1.91. The number of nitrogens with two attached hydrogens (primary N) is 2. The van der Waals surface area contributed by atoms with Crippen molar-refractivity contribution in [2.75, 3.05) is 7.05 Å². The van der Waals surface area contributed by atoms with Crippen LogP contribution in [0.1, 0.15) is 27.7 Å². The molecule has 76 valence electrons. The quantitative estimate of drug-likeness (QED) is 0.499. The molecule has 0 aliphatic rings. The molecule has 0 bridgehead atoms. The van der Waals surface area contributed by atoms with Gasteiger partial charge in [-0.1, -0.05) is 19.4 Å². The number of nitrogens with zero attached hydrogens (tertiary/aromatic N) is 1. The molecule has 0 atom stereocenters. The van der Waals surface area contributed by atoms with Crippen LogP contribution in [-0.4, -0.2) is 13.8 Å². The van der Waals surface area contributed by atoms with Gasteiger partial charge in [0.1, 0.15) is 0 Å². The highest BCUT2D eigenvalue weighted by molar-refractivity contribution is 5.30. The van der Waals surface area contributed by atoms with Gasteiger partial charge < -0.3 is 11.1 Å². The van der Waals surface area contributed by atoms with Crippen LogP contribution in [0.25, 0.3) is 0 Å². The maximum Gasteiger partial charge on any atom is 0.185 e. The maximum atomic E-state index is 5.55. The van der Waals surface area contributed by atoms with E-state index in [1.54, 1.807) is 0 Å². The lowest BCUT2D eigenvalue weighted by atomic mass is 10.2. The standard InChI is InChI=1S/C8H15N3.C2H6/c1-6(2)5-7(10-3)8(9)11-4;1-2/h5,10H,4,9H2,1-3H3;1-2H3/p+1/b8-7+;. The van der Waals surface area contributed by atoms with E-state index in [4.69, 9.17) is 5.73 Å². The fraction of sp³-hybridized carbons (Fsp3) is 0.500. The number of quaternary nitrogens is 1. The van der Waals surface area contributed by atoms with E-state index in [0.717, 1.165) is 5.70 Å². The zero-order valence-corrected chi connectivity index (χ0v) is 9.39. The summed E-state index contributed by atoms with van der Waals surface area (Å²) in [6.07, 6.45) is 1.98. The molecule has 0 unspecified atom stereocenters. The van der Waals surface area contributed by atoms with Crippen molar-refractivity contribution < 1.29 is 5.32 Å². The maximum absolute atomic E-state index is 5.55. The third-order valence-corrected chi connectivity index (χ3v) is 1.22. The largest absolute Gasteiger partial charge is 0.379 e. The first-order chi connectivity index (χ1) is 6.11. The molecule has 3 nitrogen and oxygen atoms in total. The van der Waals surface area contributed by atoms with Gasteiger partial charge in [0.25, 0.3) is 0 Å². The van der Waals surface area contributed by atoms with Crippen LogP contribution in [0.2, 0.25) is 0 Å². The minimum Gasteiger partial charge on any atom is -0.379 e. The van der Waals surface area contributed by atoms with Crippen molar-refractivity contribution in [3.63, 3.8) is 0 Å². The van der Waals surface area contributed by atoms with E-state index in [1.807, 2.05) is 46.1 Å². The van der Waals surface area contributed by atoms with E-state index < -0.39 is 0 Å². The van der Waals surface area contributed by atoms with Crippen LogP contribution in [-0.2, 0) is 0 Å². The van der Waals surface area contributed by atoms with Crippen LogP contribution in [0, 0.1) is 0 Å². The Balaban J connectivity index is 0. The van der Waals surface area contributed by atoms with E-state index in [0.29, 0.717) is 5.82 Å². The average Bonchev–Trinajstić information content (AvgIpc) is 2.16. The second kappa shape index (κ2) is 9.00. The predicted molar refractivity (Wildman–Crippen MR) is 59.4 cm³/mol. The summed E-state index contributed by atoms with van der Waals surface area (Å²) in [6, 6.07) is 0. The number of hydrogen-bond acceptors (Lipinski definition) is 2. The van der Waals surface area contributed by atoms with Gasteiger partial charge in [0, 0.05) is 6.08 Å². The zero-order valence-electron chi connectivity index (χ0n) is 9.39. The fourth-order valence-corrected chi connectivity index (χ4v) is 0.707. The normalized spacial score (nSPS) is 10.5. The first-order valence-corrected chi connectivity index (χ1v) is 4.52. The lowest BCUT2D eigenvalue weighted by molar-refractivity contribution is -0.572. The topological polar surface area (TPSA) is 55.0 Å². The summed E-state index contributed by atoms with van der Waals surface area (Å²) in [4.78, 5) is 3.64. The zero-order chi connectivity index (χ0) is 10.9. The monoisotopic (exact) mass is 184 g/mol. The molecule has 3 heteroatoms. The highest BCUT2D eigenvalue weighted by atomic mass is 14.9. The minimum atomic E-state index is 0.480. The number of allylic oxidation sites excluding steroid dienone is 2. The number of hydrogen-bond donors (Lipinski definition) is 2. The summed E-state index contributed by atoms with van der Waals surface area (Å²) < 4.78 is 0. The molecule has 0 aromatic heterocycles. The lowest BCUT2D eigenvalue weighted by Gasteiger charge is -1.97. The van der Waals surface area contributed by atoms with E-state index in [-0.39, 0.29) is 0 Å². The van der Waals surface area contributed by atoms with Gasteiger partial charge in [0.05, 0.1) is 7.05 Å². The van der Waals surface area contributed by atoms with Gasteiger partial charge in [-0.15, -0.1) is 0 Å². The van der Waals surface area contributed by atoms with Crippen molar-refractivity contribution in [3.05, 3.63) is 23.2 Å². The molecule has 0 saturated heterocycles. The summed E-state index contributed by atoms with van der Waals surface area (Å²) in [5.41, 5.74) is 7.68. The van der Waals surface area contributed by atoms with Crippen molar-refractivity contribution in [2.24, 2.45) is 10.7 Å². The molecule has 0 heterocycles. The second-order valence-electron chi connectivity index (χ2n) is 2.51. The smallest absolute Gasteiger partial charge is 0.185 e. The summed E-state index contributed by atoms with van der Waals surface area (Å²) in [7, 11) is 1.92. The average molecular weight is 184 g/mol. The minimum absolute atomic E-state index is 0.480. The van der Waals surface area contributed by atoms with Crippen molar-refractivity contribution in [1.82, 2.24) is 0 Å². The van der Waals surface area contributed by atoms with Gasteiger partial charge in [0.2, 0.25) is 0 Å². The molecule has 0 fully saturated rings. The van der Waals surface area contributed by atoms with Crippen molar-refractivity contribution >= 4 is 6.72 Å². The van der Waals surface area contributed by atoms with Gasteiger partial charge in [-0.05, 0) is 20.6 Å². The highest BCUT2D eigenvalue weighted by Gasteiger charge is 1.98. The Morgan fingerprint density at radius 1 is 1.38 bits per heavy atom. The number of likely N-dealkylation sites (N-methyl/N-ethyl adjacent to an activating group) is 1. The van der Waals surface area contributed by atoms with Crippen molar-refractivity contribution in [3.8, 4) is 0 Å². The molecular weight excluding hydrogens is 162 g/mol. The molecule has 0 spiro atoms.